The lowest BCUT2D eigenvalue weighted by atomic mass is 9.73. The Kier molecular flexibility index (Phi) is 8.44. The number of nitrogen functional groups attached to an aromatic ring is 1. The number of nitrogens with zero attached hydrogens (tertiary/aromatic N) is 3. The van der Waals surface area contributed by atoms with E-state index in [0.717, 1.165) is 5.56 Å². The van der Waals surface area contributed by atoms with Crippen molar-refractivity contribution in [3.05, 3.63) is 81.4 Å². The molecular formula is C30H32ClF2N5O5. The van der Waals surface area contributed by atoms with Crippen LogP contribution in [-0.2, 0) is 11.3 Å². The number of alkyl halides is 2. The van der Waals surface area contributed by atoms with Crippen LogP contribution in [0.2, 0.25) is 5.02 Å². The molecule has 10 nitrogen and oxygen atoms in total. The molecule has 1 saturated carbocycles. The van der Waals surface area contributed by atoms with E-state index < -0.39 is 34.8 Å². The molecule has 3 aromatic rings. The molecule has 2 fully saturated rings. The Balaban J connectivity index is 1.24. The van der Waals surface area contributed by atoms with Crippen LogP contribution < -0.4 is 21.8 Å². The number of carbonyl (C=O) groups excluding carboxylic acids is 2. The van der Waals surface area contributed by atoms with Gasteiger partial charge in [-0.25, -0.2) is 13.8 Å². The van der Waals surface area contributed by atoms with Crippen LogP contribution in [0.4, 0.5) is 14.5 Å². The van der Waals surface area contributed by atoms with Gasteiger partial charge in [-0.1, -0.05) is 41.9 Å². The summed E-state index contributed by atoms with van der Waals surface area (Å²) in [6, 6.07) is 13.0. The summed E-state index contributed by atoms with van der Waals surface area (Å²) >= 11 is 6.15. The zero-order valence-electron chi connectivity index (χ0n) is 23.2. The number of likely N-dealkylation sites (tertiary alicyclic amines) is 1. The van der Waals surface area contributed by atoms with Crippen molar-refractivity contribution in [2.24, 2.45) is 11.7 Å². The van der Waals surface area contributed by atoms with Crippen LogP contribution in [0.25, 0.3) is 0 Å². The van der Waals surface area contributed by atoms with Crippen molar-refractivity contribution in [1.29, 1.82) is 0 Å². The Morgan fingerprint density at radius 2 is 1.81 bits per heavy atom. The number of benzene rings is 2. The minimum atomic E-state index is -2.83. The number of rotatable bonds is 7. The standard InChI is InChI=1S/C30H32ClF2N5O5/c31-22-14-19(25(35)39)6-7-23(22)43-26-24(34)28(41)38(17-36-26)16-29(42)10-12-37(13-11-29)27(40)20-8-9-30(32,33)15-21(20)18-4-2-1-3-5-18/h1-7,14,17,20-21,42H,8-13,15-16,34H2,(H2,35,39)/t20-,21+/m1/s1. The molecule has 5 N–H and O–H groups in total. The van der Waals surface area contributed by atoms with Crippen molar-refractivity contribution in [3.63, 3.8) is 0 Å². The fourth-order valence-electron chi connectivity index (χ4n) is 5.86. The van der Waals surface area contributed by atoms with Gasteiger partial charge in [-0.3, -0.25) is 19.0 Å². The summed E-state index contributed by atoms with van der Waals surface area (Å²) in [5, 5.41) is 11.4. The van der Waals surface area contributed by atoms with Crippen LogP contribution in [0.15, 0.2) is 59.7 Å². The van der Waals surface area contributed by atoms with Crippen molar-refractivity contribution in [2.75, 3.05) is 18.8 Å². The van der Waals surface area contributed by atoms with Crippen molar-refractivity contribution in [1.82, 2.24) is 14.5 Å². The van der Waals surface area contributed by atoms with E-state index in [1.807, 2.05) is 6.07 Å². The maximum atomic E-state index is 14.4. The maximum absolute atomic E-state index is 14.4. The molecule has 0 spiro atoms. The Morgan fingerprint density at radius 1 is 1.12 bits per heavy atom. The lowest BCUT2D eigenvalue weighted by Crippen LogP contribution is -2.52. The third-order valence-electron chi connectivity index (χ3n) is 8.30. The van der Waals surface area contributed by atoms with Gasteiger partial charge >= 0.3 is 0 Å². The number of primary amides is 1. The Bertz CT molecular complexity index is 1580. The van der Waals surface area contributed by atoms with Crippen LogP contribution >= 0.6 is 11.6 Å². The topological polar surface area (TPSA) is 154 Å². The molecule has 2 amide bonds. The molecule has 0 radical (unpaired) electrons. The van der Waals surface area contributed by atoms with Gasteiger partial charge in [0.15, 0.2) is 5.69 Å². The Labute approximate surface area is 251 Å². The third-order valence-corrected chi connectivity index (χ3v) is 8.60. The van der Waals surface area contributed by atoms with Crippen molar-refractivity contribution in [3.8, 4) is 11.6 Å². The molecular weight excluding hydrogens is 584 g/mol. The van der Waals surface area contributed by atoms with Gasteiger partial charge in [0.05, 0.1) is 17.2 Å². The Hall–Kier alpha value is -4.03. The first-order valence-corrected chi connectivity index (χ1v) is 14.3. The summed E-state index contributed by atoms with van der Waals surface area (Å²) in [6.45, 7) is 0.298. The predicted molar refractivity (Wildman–Crippen MR) is 155 cm³/mol. The molecule has 2 heterocycles. The van der Waals surface area contributed by atoms with E-state index in [1.54, 1.807) is 29.2 Å². The van der Waals surface area contributed by atoms with Crippen LogP contribution in [0.5, 0.6) is 11.6 Å². The summed E-state index contributed by atoms with van der Waals surface area (Å²) in [6.07, 6.45) is 0.900. The van der Waals surface area contributed by atoms with E-state index in [9.17, 15) is 28.3 Å². The van der Waals surface area contributed by atoms with Crippen LogP contribution in [0.1, 0.15) is 53.9 Å². The molecule has 2 aliphatic rings. The fourth-order valence-corrected chi connectivity index (χ4v) is 6.08. The molecule has 2 aromatic carbocycles. The number of aliphatic hydroxyl groups is 1. The summed E-state index contributed by atoms with van der Waals surface area (Å²) in [5.74, 6) is -4.96. The van der Waals surface area contributed by atoms with E-state index in [0.29, 0.717) is 0 Å². The van der Waals surface area contributed by atoms with Gasteiger partial charge in [0.25, 0.3) is 5.56 Å². The highest BCUT2D eigenvalue weighted by molar-refractivity contribution is 6.32. The monoisotopic (exact) mass is 615 g/mol. The minimum absolute atomic E-state index is 0.0642. The van der Waals surface area contributed by atoms with Crippen LogP contribution in [0.3, 0.4) is 0 Å². The van der Waals surface area contributed by atoms with Gasteiger partial charge in [0.1, 0.15) is 12.1 Å². The average Bonchev–Trinajstić information content (AvgIpc) is 2.98. The molecule has 43 heavy (non-hydrogen) atoms. The van der Waals surface area contributed by atoms with E-state index >= 15 is 0 Å². The number of nitrogens with two attached hydrogens (primary N) is 2. The highest BCUT2D eigenvalue weighted by atomic mass is 35.5. The molecule has 13 heteroatoms. The molecule has 0 unspecified atom stereocenters. The van der Waals surface area contributed by atoms with Gasteiger partial charge in [-0.2, -0.15) is 0 Å². The predicted octanol–water partition coefficient (Wildman–Crippen LogP) is 3.94. The molecule has 2 atom stereocenters. The quantitative estimate of drug-likeness (QED) is 0.364. The number of ether oxygens (including phenoxy) is 1. The first-order valence-electron chi connectivity index (χ1n) is 13.9. The first kappa shape index (κ1) is 30.4. The summed E-state index contributed by atoms with van der Waals surface area (Å²) < 4.78 is 35.5. The zero-order chi connectivity index (χ0) is 30.9. The summed E-state index contributed by atoms with van der Waals surface area (Å²) in [5.41, 5.74) is 9.86. The van der Waals surface area contributed by atoms with Gasteiger partial charge < -0.3 is 26.2 Å². The SMILES string of the molecule is NC(=O)c1ccc(Oc2ncn(CC3(O)CCN(C(=O)[C@@H]4CCC(F)(F)C[C@H]4c4ccccc4)CC3)c(=O)c2N)c(Cl)c1. The molecule has 1 aromatic heterocycles. The highest BCUT2D eigenvalue weighted by Crippen LogP contribution is 2.46. The number of aromatic nitrogens is 2. The van der Waals surface area contributed by atoms with Crippen molar-refractivity contribution >= 4 is 29.1 Å². The first-order chi connectivity index (χ1) is 20.4. The van der Waals surface area contributed by atoms with E-state index in [4.69, 9.17) is 27.8 Å². The lowest BCUT2D eigenvalue weighted by Gasteiger charge is -2.42. The number of piperidine rings is 1. The molecule has 1 aliphatic heterocycles. The highest BCUT2D eigenvalue weighted by Gasteiger charge is 2.46. The van der Waals surface area contributed by atoms with E-state index in [-0.39, 0.29) is 85.5 Å². The molecule has 1 saturated heterocycles. The molecule has 1 aliphatic carbocycles. The summed E-state index contributed by atoms with van der Waals surface area (Å²) in [4.78, 5) is 43.6. The van der Waals surface area contributed by atoms with Crippen molar-refractivity contribution < 1.29 is 28.2 Å². The molecule has 0 bridgehead atoms. The van der Waals surface area contributed by atoms with Crippen molar-refractivity contribution in [2.45, 2.75) is 56.1 Å². The average molecular weight is 616 g/mol. The lowest BCUT2D eigenvalue weighted by molar-refractivity contribution is -0.145. The number of amides is 2. The largest absolute Gasteiger partial charge is 0.435 e. The number of halogens is 3. The van der Waals surface area contributed by atoms with Gasteiger partial charge in [0, 0.05) is 43.3 Å². The number of anilines is 1. The fraction of sp³-hybridized carbons (Fsp3) is 0.400. The molecule has 5 rings (SSSR count). The second-order valence-electron chi connectivity index (χ2n) is 11.3. The van der Waals surface area contributed by atoms with Crippen LogP contribution in [-0.4, -0.2) is 56.0 Å². The zero-order valence-corrected chi connectivity index (χ0v) is 24.0. The summed E-state index contributed by atoms with van der Waals surface area (Å²) in [7, 11) is 0. The maximum Gasteiger partial charge on any atom is 0.280 e. The van der Waals surface area contributed by atoms with Crippen LogP contribution in [0, 0.1) is 5.92 Å². The second-order valence-corrected chi connectivity index (χ2v) is 11.7. The number of hydrogen-bond acceptors (Lipinski definition) is 7. The number of carbonyl (C=O) groups is 2. The second kappa shape index (κ2) is 11.9. The normalized spacial score (nSPS) is 21.3. The van der Waals surface area contributed by atoms with Gasteiger partial charge in [0.2, 0.25) is 23.6 Å². The van der Waals surface area contributed by atoms with E-state index in [1.165, 1.54) is 29.1 Å². The smallest absolute Gasteiger partial charge is 0.280 e. The minimum Gasteiger partial charge on any atom is -0.435 e. The number of hydrogen-bond donors (Lipinski definition) is 3. The van der Waals surface area contributed by atoms with Gasteiger partial charge in [-0.15, -0.1) is 0 Å². The Morgan fingerprint density at radius 3 is 2.47 bits per heavy atom. The van der Waals surface area contributed by atoms with E-state index in [2.05, 4.69) is 4.98 Å². The molecule has 228 valence electrons. The third kappa shape index (κ3) is 6.65. The van der Waals surface area contributed by atoms with Gasteiger partial charge in [-0.05, 0) is 43.0 Å².